The van der Waals surface area contributed by atoms with Crippen molar-refractivity contribution in [1.29, 1.82) is 0 Å². The summed E-state index contributed by atoms with van der Waals surface area (Å²) in [7, 11) is 1.64. The van der Waals surface area contributed by atoms with Gasteiger partial charge in [0.05, 0.1) is 24.1 Å². The molecule has 0 saturated heterocycles. The minimum absolute atomic E-state index is 0.0216. The molecule has 32 heavy (non-hydrogen) atoms. The Morgan fingerprint density at radius 1 is 1.22 bits per heavy atom. The minimum Gasteiger partial charge on any atom is -0.497 e. The van der Waals surface area contributed by atoms with E-state index in [2.05, 4.69) is 23.7 Å². The molecule has 0 aliphatic heterocycles. The van der Waals surface area contributed by atoms with E-state index in [0.717, 1.165) is 65.0 Å². The second kappa shape index (κ2) is 11.2. The van der Waals surface area contributed by atoms with E-state index in [9.17, 15) is 4.79 Å². The number of ether oxygens (including phenoxy) is 2. The molecule has 0 aliphatic rings. The third kappa shape index (κ3) is 5.71. The average Bonchev–Trinajstić information content (AvgIpc) is 3.40. The molecule has 172 valence electrons. The Bertz CT molecular complexity index is 1020. The molecular weight excluding hydrogens is 422 g/mol. The smallest absolute Gasteiger partial charge is 0.253 e. The zero-order valence-corrected chi connectivity index (χ0v) is 20.4. The highest BCUT2D eigenvalue weighted by atomic mass is 32.1. The first-order chi connectivity index (χ1) is 15.5. The van der Waals surface area contributed by atoms with Gasteiger partial charge < -0.3 is 19.4 Å². The summed E-state index contributed by atoms with van der Waals surface area (Å²) in [6.45, 7) is 9.55. The van der Waals surface area contributed by atoms with Gasteiger partial charge in [-0.05, 0) is 57.0 Å². The van der Waals surface area contributed by atoms with Gasteiger partial charge in [0.2, 0.25) is 0 Å². The molecule has 1 N–H and O–H groups in total. The maximum absolute atomic E-state index is 12.8. The van der Waals surface area contributed by atoms with E-state index in [-0.39, 0.29) is 11.9 Å². The van der Waals surface area contributed by atoms with E-state index < -0.39 is 0 Å². The molecule has 0 saturated carbocycles. The fourth-order valence-corrected chi connectivity index (χ4v) is 4.11. The van der Waals surface area contributed by atoms with Crippen molar-refractivity contribution in [2.75, 3.05) is 7.11 Å². The number of hydrogen-bond donors (Lipinski definition) is 1. The number of aromatic nitrogens is 2. The van der Waals surface area contributed by atoms with Crippen LogP contribution in [-0.2, 0) is 13.2 Å². The van der Waals surface area contributed by atoms with Crippen molar-refractivity contribution in [3.8, 4) is 22.9 Å². The molecule has 3 rings (SSSR count). The second-order valence-electron chi connectivity index (χ2n) is 7.91. The van der Waals surface area contributed by atoms with Gasteiger partial charge >= 0.3 is 0 Å². The number of thiazole rings is 1. The summed E-state index contributed by atoms with van der Waals surface area (Å²) in [6.07, 6.45) is 3.04. The molecule has 2 aromatic heterocycles. The average molecular weight is 456 g/mol. The molecule has 0 bridgehead atoms. The van der Waals surface area contributed by atoms with Gasteiger partial charge in [-0.15, -0.1) is 11.3 Å². The Hall–Kier alpha value is -2.80. The molecule has 1 unspecified atom stereocenters. The van der Waals surface area contributed by atoms with E-state index in [1.54, 1.807) is 18.4 Å². The number of nitrogens with zero attached hydrogens (tertiary/aromatic N) is 2. The van der Waals surface area contributed by atoms with Crippen LogP contribution in [0.2, 0.25) is 0 Å². The molecule has 0 spiro atoms. The van der Waals surface area contributed by atoms with Crippen LogP contribution >= 0.6 is 11.3 Å². The first kappa shape index (κ1) is 23.9. The Morgan fingerprint density at radius 2 is 1.94 bits per heavy atom. The molecular formula is C25H33N3O3S. The molecule has 0 radical (unpaired) electrons. The van der Waals surface area contributed by atoms with Crippen molar-refractivity contribution in [3.05, 3.63) is 52.0 Å². The lowest BCUT2D eigenvalue weighted by molar-refractivity contribution is 0.0938. The normalized spacial score (nSPS) is 11.9. The van der Waals surface area contributed by atoms with E-state index in [1.165, 1.54) is 0 Å². The fourth-order valence-electron chi connectivity index (χ4n) is 3.41. The van der Waals surface area contributed by atoms with Gasteiger partial charge in [-0.1, -0.05) is 20.3 Å². The van der Waals surface area contributed by atoms with E-state index >= 15 is 0 Å². The SMILES string of the molecule is CCCCn1c(-c2csc(COc3ccc(OC)cc3)n2)cc(C(=O)NC(C)CC)c1C. The van der Waals surface area contributed by atoms with Crippen LogP contribution < -0.4 is 14.8 Å². The number of rotatable bonds is 11. The molecule has 1 atom stereocenters. The number of nitrogens with one attached hydrogen (secondary N) is 1. The van der Waals surface area contributed by atoms with Crippen LogP contribution in [0, 0.1) is 6.92 Å². The molecule has 2 heterocycles. The molecule has 1 aromatic carbocycles. The van der Waals surface area contributed by atoms with Crippen molar-refractivity contribution in [2.24, 2.45) is 0 Å². The zero-order valence-electron chi connectivity index (χ0n) is 19.6. The topological polar surface area (TPSA) is 65.4 Å². The standard InChI is InChI=1S/C25H33N3O3S/c1-6-8-13-28-18(4)21(25(29)26-17(3)7-2)14-23(28)22-16-32-24(27-22)15-31-20-11-9-19(30-5)10-12-20/h9-12,14,16-17H,6-8,13,15H2,1-5H3,(H,26,29). The first-order valence-corrected chi connectivity index (χ1v) is 12.1. The Balaban J connectivity index is 1.80. The maximum Gasteiger partial charge on any atom is 0.253 e. The number of carbonyl (C=O) groups is 1. The van der Waals surface area contributed by atoms with E-state index in [4.69, 9.17) is 14.5 Å². The number of methoxy groups -OCH3 is 1. The summed E-state index contributed by atoms with van der Waals surface area (Å²) >= 11 is 1.57. The van der Waals surface area contributed by atoms with Crippen LogP contribution in [0.3, 0.4) is 0 Å². The largest absolute Gasteiger partial charge is 0.497 e. The lowest BCUT2D eigenvalue weighted by Crippen LogP contribution is -2.32. The molecule has 0 fully saturated rings. The predicted octanol–water partition coefficient (Wildman–Crippen LogP) is 5.84. The van der Waals surface area contributed by atoms with Gasteiger partial charge in [-0.2, -0.15) is 0 Å². The number of benzene rings is 1. The summed E-state index contributed by atoms with van der Waals surface area (Å²) in [5.41, 5.74) is 3.57. The van der Waals surface area contributed by atoms with Gasteiger partial charge in [0.1, 0.15) is 23.1 Å². The highest BCUT2D eigenvalue weighted by Crippen LogP contribution is 2.29. The Labute approximate surface area is 194 Å². The Morgan fingerprint density at radius 3 is 2.59 bits per heavy atom. The van der Waals surface area contributed by atoms with Gasteiger partial charge in [0.25, 0.3) is 5.91 Å². The summed E-state index contributed by atoms with van der Waals surface area (Å²) < 4.78 is 13.3. The molecule has 6 nitrogen and oxygen atoms in total. The fraction of sp³-hybridized carbons (Fsp3) is 0.440. The number of amides is 1. The van der Waals surface area contributed by atoms with Crippen LogP contribution in [0.5, 0.6) is 11.5 Å². The molecule has 0 aliphatic carbocycles. The molecule has 1 amide bonds. The first-order valence-electron chi connectivity index (χ1n) is 11.2. The van der Waals surface area contributed by atoms with Crippen LogP contribution in [0.15, 0.2) is 35.7 Å². The van der Waals surface area contributed by atoms with Gasteiger partial charge in [-0.25, -0.2) is 4.98 Å². The number of hydrogen-bond acceptors (Lipinski definition) is 5. The maximum atomic E-state index is 12.8. The predicted molar refractivity (Wildman–Crippen MR) is 130 cm³/mol. The third-order valence-electron chi connectivity index (χ3n) is 5.57. The third-order valence-corrected chi connectivity index (χ3v) is 6.39. The highest BCUT2D eigenvalue weighted by molar-refractivity contribution is 7.09. The molecule has 7 heteroatoms. The van der Waals surface area contributed by atoms with Crippen LogP contribution in [0.4, 0.5) is 0 Å². The number of carbonyl (C=O) groups excluding carboxylic acids is 1. The van der Waals surface area contributed by atoms with Crippen molar-refractivity contribution in [2.45, 2.75) is 66.2 Å². The van der Waals surface area contributed by atoms with Crippen molar-refractivity contribution < 1.29 is 14.3 Å². The number of unbranched alkanes of at least 4 members (excludes halogenated alkanes) is 1. The van der Waals surface area contributed by atoms with E-state index in [1.807, 2.05) is 49.6 Å². The monoisotopic (exact) mass is 455 g/mol. The minimum atomic E-state index is -0.0216. The van der Waals surface area contributed by atoms with Crippen molar-refractivity contribution in [1.82, 2.24) is 14.9 Å². The van der Waals surface area contributed by atoms with E-state index in [0.29, 0.717) is 6.61 Å². The highest BCUT2D eigenvalue weighted by Gasteiger charge is 2.20. The van der Waals surface area contributed by atoms with Crippen LogP contribution in [0.25, 0.3) is 11.4 Å². The van der Waals surface area contributed by atoms with Gasteiger partial charge in [0.15, 0.2) is 0 Å². The summed E-state index contributed by atoms with van der Waals surface area (Å²) in [4.78, 5) is 17.6. The summed E-state index contributed by atoms with van der Waals surface area (Å²) in [5, 5.41) is 6.02. The lowest BCUT2D eigenvalue weighted by Gasteiger charge is -2.12. The van der Waals surface area contributed by atoms with Crippen LogP contribution in [0.1, 0.15) is 61.1 Å². The molecule has 3 aromatic rings. The Kier molecular flexibility index (Phi) is 8.33. The van der Waals surface area contributed by atoms with Crippen molar-refractivity contribution in [3.63, 3.8) is 0 Å². The zero-order chi connectivity index (χ0) is 23.1. The van der Waals surface area contributed by atoms with Gasteiger partial charge in [0, 0.05) is 23.7 Å². The van der Waals surface area contributed by atoms with Crippen LogP contribution in [-0.4, -0.2) is 28.6 Å². The lowest BCUT2D eigenvalue weighted by atomic mass is 10.2. The van der Waals surface area contributed by atoms with Gasteiger partial charge in [-0.3, -0.25) is 4.79 Å². The van der Waals surface area contributed by atoms with Crippen molar-refractivity contribution >= 4 is 17.2 Å². The second-order valence-corrected chi connectivity index (χ2v) is 8.85. The summed E-state index contributed by atoms with van der Waals surface area (Å²) in [6, 6.07) is 9.64. The summed E-state index contributed by atoms with van der Waals surface area (Å²) in [5.74, 6) is 1.55. The quantitative estimate of drug-likeness (QED) is 0.395.